The summed E-state index contributed by atoms with van der Waals surface area (Å²) >= 11 is 3.36. The highest BCUT2D eigenvalue weighted by Crippen LogP contribution is 2.30. The molecule has 0 amide bonds. The number of anilines is 1. The maximum absolute atomic E-state index is 12.2. The lowest BCUT2D eigenvalue weighted by Crippen LogP contribution is -2.34. The van der Waals surface area contributed by atoms with Gasteiger partial charge in [-0.25, -0.2) is 4.68 Å². The third kappa shape index (κ3) is 3.39. The van der Waals surface area contributed by atoms with Crippen molar-refractivity contribution in [1.82, 2.24) is 9.78 Å². The Morgan fingerprint density at radius 3 is 3.00 bits per heavy atom. The maximum Gasteiger partial charge on any atom is 0.283 e. The van der Waals surface area contributed by atoms with Crippen molar-refractivity contribution in [1.29, 1.82) is 0 Å². The van der Waals surface area contributed by atoms with Crippen molar-refractivity contribution in [3.8, 4) is 0 Å². The normalized spacial score (nSPS) is 22.8. The van der Waals surface area contributed by atoms with Crippen molar-refractivity contribution in [2.24, 2.45) is 5.92 Å². The molecule has 0 bridgehead atoms. The largest absolute Gasteiger partial charge is 0.380 e. The molecular formula is C13H18BrN3O3. The molecule has 0 radical (unpaired) electrons. The van der Waals surface area contributed by atoms with Crippen molar-refractivity contribution in [3.63, 3.8) is 0 Å². The molecule has 2 aliphatic rings. The fourth-order valence-electron chi connectivity index (χ4n) is 2.14. The first-order valence-corrected chi connectivity index (χ1v) is 7.72. The molecule has 0 spiro atoms. The Bertz CT molecular complexity index is 524. The Balaban J connectivity index is 1.63. The summed E-state index contributed by atoms with van der Waals surface area (Å²) in [6.45, 7) is 3.17. The predicted molar refractivity (Wildman–Crippen MR) is 78.0 cm³/mol. The van der Waals surface area contributed by atoms with Gasteiger partial charge in [-0.05, 0) is 34.7 Å². The second kappa shape index (κ2) is 6.24. The van der Waals surface area contributed by atoms with Crippen LogP contribution in [0.1, 0.15) is 12.8 Å². The Morgan fingerprint density at radius 1 is 1.45 bits per heavy atom. The van der Waals surface area contributed by atoms with Crippen molar-refractivity contribution in [2.75, 3.05) is 31.7 Å². The zero-order valence-corrected chi connectivity index (χ0v) is 12.8. The summed E-state index contributed by atoms with van der Waals surface area (Å²) in [6.07, 6.45) is 4.11. The molecule has 0 aromatic carbocycles. The molecule has 1 aliphatic carbocycles. The number of aromatic nitrogens is 2. The summed E-state index contributed by atoms with van der Waals surface area (Å²) in [5.74, 6) is 0.624. The average molecular weight is 344 g/mol. The van der Waals surface area contributed by atoms with Gasteiger partial charge in [0.15, 0.2) is 0 Å². The van der Waals surface area contributed by atoms with Gasteiger partial charge < -0.3 is 14.8 Å². The summed E-state index contributed by atoms with van der Waals surface area (Å²) in [5, 5.41) is 7.41. The first-order valence-electron chi connectivity index (χ1n) is 6.93. The molecule has 2 heterocycles. The Hall–Kier alpha value is -0.920. The number of hydrogen-bond acceptors (Lipinski definition) is 5. The van der Waals surface area contributed by atoms with Crippen LogP contribution in [0.25, 0.3) is 0 Å². The quantitative estimate of drug-likeness (QED) is 0.871. The molecule has 1 unspecified atom stereocenters. The Kier molecular flexibility index (Phi) is 4.38. The number of ether oxygens (including phenoxy) is 2. The second-order valence-electron chi connectivity index (χ2n) is 5.25. The minimum Gasteiger partial charge on any atom is -0.380 e. The summed E-state index contributed by atoms with van der Waals surface area (Å²) in [7, 11) is 0. The number of hydrogen-bond donors (Lipinski definition) is 1. The highest BCUT2D eigenvalue weighted by atomic mass is 79.9. The van der Waals surface area contributed by atoms with E-state index in [0.717, 1.165) is 6.54 Å². The monoisotopic (exact) mass is 343 g/mol. The van der Waals surface area contributed by atoms with Gasteiger partial charge in [0.25, 0.3) is 5.56 Å². The van der Waals surface area contributed by atoms with E-state index < -0.39 is 0 Å². The second-order valence-corrected chi connectivity index (χ2v) is 6.04. The number of nitrogens with zero attached hydrogens (tertiary/aromatic N) is 2. The van der Waals surface area contributed by atoms with Crippen LogP contribution in [0, 0.1) is 5.92 Å². The standard InChI is InChI=1S/C13H18BrN3O3/c14-12-11(15-5-10-8-19-3-4-20-10)6-16-17(13(12)18)7-9-1-2-9/h6,9-10,15H,1-5,7-8H2. The molecule has 1 N–H and O–H groups in total. The molecule has 1 atom stereocenters. The van der Waals surface area contributed by atoms with E-state index in [1.165, 1.54) is 17.5 Å². The number of halogens is 1. The topological polar surface area (TPSA) is 65.4 Å². The van der Waals surface area contributed by atoms with E-state index in [2.05, 4.69) is 26.3 Å². The molecule has 3 rings (SSSR count). The zero-order valence-electron chi connectivity index (χ0n) is 11.2. The van der Waals surface area contributed by atoms with Crippen LogP contribution < -0.4 is 10.9 Å². The van der Waals surface area contributed by atoms with E-state index in [-0.39, 0.29) is 11.7 Å². The molecule has 1 saturated heterocycles. The lowest BCUT2D eigenvalue weighted by atomic mass is 10.3. The maximum atomic E-state index is 12.2. The Labute approximate surface area is 125 Å². The SMILES string of the molecule is O=c1c(Br)c(NCC2COCCO2)cnn1CC1CC1. The van der Waals surface area contributed by atoms with Gasteiger partial charge in [-0.3, -0.25) is 4.79 Å². The van der Waals surface area contributed by atoms with Gasteiger partial charge in [-0.2, -0.15) is 5.10 Å². The summed E-state index contributed by atoms with van der Waals surface area (Å²) in [4.78, 5) is 12.2. The van der Waals surface area contributed by atoms with Crippen LogP contribution in [0.15, 0.2) is 15.5 Å². The van der Waals surface area contributed by atoms with Gasteiger partial charge >= 0.3 is 0 Å². The van der Waals surface area contributed by atoms with E-state index >= 15 is 0 Å². The first-order chi connectivity index (χ1) is 9.74. The van der Waals surface area contributed by atoms with Crippen molar-refractivity contribution < 1.29 is 9.47 Å². The van der Waals surface area contributed by atoms with Gasteiger partial charge in [0, 0.05) is 13.1 Å². The fourth-order valence-corrected chi connectivity index (χ4v) is 2.59. The predicted octanol–water partition coefficient (Wildman–Crippen LogP) is 1.24. The molecule has 20 heavy (non-hydrogen) atoms. The molecule has 7 heteroatoms. The number of rotatable bonds is 5. The van der Waals surface area contributed by atoms with Gasteiger partial charge in [0.1, 0.15) is 4.47 Å². The minimum atomic E-state index is -0.0808. The highest BCUT2D eigenvalue weighted by molar-refractivity contribution is 9.10. The molecule has 1 aromatic heterocycles. The third-order valence-electron chi connectivity index (χ3n) is 3.52. The van der Waals surface area contributed by atoms with Crippen LogP contribution in [-0.2, 0) is 16.0 Å². The Morgan fingerprint density at radius 2 is 2.30 bits per heavy atom. The van der Waals surface area contributed by atoms with Crippen molar-refractivity contribution in [3.05, 3.63) is 21.0 Å². The smallest absolute Gasteiger partial charge is 0.283 e. The van der Waals surface area contributed by atoms with Gasteiger partial charge in [0.05, 0.1) is 37.8 Å². The molecule has 110 valence electrons. The van der Waals surface area contributed by atoms with Gasteiger partial charge in [0.2, 0.25) is 0 Å². The summed E-state index contributed by atoms with van der Waals surface area (Å²) < 4.78 is 13.0. The zero-order chi connectivity index (χ0) is 13.9. The molecular weight excluding hydrogens is 326 g/mol. The third-order valence-corrected chi connectivity index (χ3v) is 4.28. The van der Waals surface area contributed by atoms with Gasteiger partial charge in [-0.15, -0.1) is 0 Å². The van der Waals surface area contributed by atoms with E-state index in [0.29, 0.717) is 42.4 Å². The lowest BCUT2D eigenvalue weighted by molar-refractivity contribution is -0.0818. The molecule has 1 aromatic rings. The highest BCUT2D eigenvalue weighted by Gasteiger charge is 2.23. The van der Waals surface area contributed by atoms with Crippen LogP contribution in [0.5, 0.6) is 0 Å². The van der Waals surface area contributed by atoms with Gasteiger partial charge in [-0.1, -0.05) is 0 Å². The number of nitrogens with one attached hydrogen (secondary N) is 1. The minimum absolute atomic E-state index is 0.0181. The molecule has 1 saturated carbocycles. The van der Waals surface area contributed by atoms with E-state index in [4.69, 9.17) is 9.47 Å². The molecule has 6 nitrogen and oxygen atoms in total. The summed E-state index contributed by atoms with van der Waals surface area (Å²) in [6, 6.07) is 0. The van der Waals surface area contributed by atoms with E-state index in [9.17, 15) is 4.79 Å². The van der Waals surface area contributed by atoms with Crippen LogP contribution in [0.2, 0.25) is 0 Å². The fraction of sp³-hybridized carbons (Fsp3) is 0.692. The molecule has 2 fully saturated rings. The van der Waals surface area contributed by atoms with Crippen LogP contribution in [-0.4, -0.2) is 42.2 Å². The van der Waals surface area contributed by atoms with Crippen molar-refractivity contribution >= 4 is 21.6 Å². The lowest BCUT2D eigenvalue weighted by Gasteiger charge is -2.23. The average Bonchev–Trinajstić information content (AvgIpc) is 3.28. The van der Waals surface area contributed by atoms with Crippen molar-refractivity contribution in [2.45, 2.75) is 25.5 Å². The first kappa shape index (κ1) is 14.0. The van der Waals surface area contributed by atoms with Crippen LogP contribution >= 0.6 is 15.9 Å². The van der Waals surface area contributed by atoms with E-state index in [1.807, 2.05) is 0 Å². The molecule has 1 aliphatic heterocycles. The van der Waals surface area contributed by atoms with Crippen LogP contribution in [0.4, 0.5) is 5.69 Å². The van der Waals surface area contributed by atoms with E-state index in [1.54, 1.807) is 6.20 Å². The summed E-state index contributed by atoms with van der Waals surface area (Å²) in [5.41, 5.74) is 0.624. The van der Waals surface area contributed by atoms with Crippen LogP contribution in [0.3, 0.4) is 0 Å².